The van der Waals surface area contributed by atoms with Crippen molar-refractivity contribution in [3.8, 4) is 11.4 Å². The van der Waals surface area contributed by atoms with Crippen LogP contribution in [0, 0.1) is 0 Å². The molecule has 0 unspecified atom stereocenters. The summed E-state index contributed by atoms with van der Waals surface area (Å²) in [4.78, 5) is 8.96. The zero-order chi connectivity index (χ0) is 13.1. The third-order valence-corrected chi connectivity index (χ3v) is 3.17. The van der Waals surface area contributed by atoms with Gasteiger partial charge >= 0.3 is 0 Å². The Kier molecular flexibility index (Phi) is 3.75. The van der Waals surface area contributed by atoms with Crippen LogP contribution in [0.4, 0.5) is 0 Å². The van der Waals surface area contributed by atoms with Crippen molar-refractivity contribution in [2.45, 2.75) is 39.5 Å². The molecule has 0 fully saturated rings. The predicted octanol–water partition coefficient (Wildman–Crippen LogP) is 4.39. The molecule has 0 bridgehead atoms. The molecule has 0 N–H and O–H groups in total. The molecule has 0 saturated heterocycles. The minimum absolute atomic E-state index is 0.517. The van der Waals surface area contributed by atoms with E-state index in [1.807, 2.05) is 24.5 Å². The molecule has 0 saturated carbocycles. The number of pyridine rings is 2. The third-order valence-electron chi connectivity index (χ3n) is 3.17. The van der Waals surface area contributed by atoms with Crippen molar-refractivity contribution in [1.29, 1.82) is 0 Å². The summed E-state index contributed by atoms with van der Waals surface area (Å²) in [6.45, 7) is 8.69. The molecule has 2 rings (SSSR count). The Morgan fingerprint density at radius 2 is 1.06 bits per heavy atom. The lowest BCUT2D eigenvalue weighted by molar-refractivity contribution is 0.855. The fourth-order valence-electron chi connectivity index (χ4n) is 1.80. The van der Waals surface area contributed by atoms with E-state index in [1.165, 1.54) is 11.1 Å². The topological polar surface area (TPSA) is 25.8 Å². The van der Waals surface area contributed by atoms with Crippen molar-refractivity contribution in [3.63, 3.8) is 0 Å². The van der Waals surface area contributed by atoms with Gasteiger partial charge in [0, 0.05) is 12.4 Å². The molecule has 2 nitrogen and oxygen atoms in total. The van der Waals surface area contributed by atoms with Crippen molar-refractivity contribution in [2.24, 2.45) is 0 Å². The van der Waals surface area contributed by atoms with Gasteiger partial charge < -0.3 is 0 Å². The summed E-state index contributed by atoms with van der Waals surface area (Å²) in [5, 5.41) is 0. The van der Waals surface area contributed by atoms with E-state index < -0.39 is 0 Å². The Hall–Kier alpha value is -1.70. The highest BCUT2D eigenvalue weighted by Gasteiger charge is 2.04. The Morgan fingerprint density at radius 3 is 1.28 bits per heavy atom. The zero-order valence-electron chi connectivity index (χ0n) is 11.5. The molecule has 0 aliphatic rings. The average molecular weight is 240 g/mol. The van der Waals surface area contributed by atoms with Crippen molar-refractivity contribution in [1.82, 2.24) is 9.97 Å². The minimum Gasteiger partial charge on any atom is -0.254 e. The number of aromatic nitrogens is 2. The highest BCUT2D eigenvalue weighted by atomic mass is 14.8. The van der Waals surface area contributed by atoms with Gasteiger partial charge in [-0.2, -0.15) is 0 Å². The summed E-state index contributed by atoms with van der Waals surface area (Å²) < 4.78 is 0. The fraction of sp³-hybridized carbons (Fsp3) is 0.375. The van der Waals surface area contributed by atoms with E-state index in [0.717, 1.165) is 11.4 Å². The van der Waals surface area contributed by atoms with Crippen LogP contribution in [0.5, 0.6) is 0 Å². The second kappa shape index (κ2) is 5.30. The summed E-state index contributed by atoms with van der Waals surface area (Å²) in [5.41, 5.74) is 4.40. The van der Waals surface area contributed by atoms with Gasteiger partial charge in [0.1, 0.15) is 0 Å². The Morgan fingerprint density at radius 1 is 0.667 bits per heavy atom. The summed E-state index contributed by atoms with van der Waals surface area (Å²) in [6.07, 6.45) is 3.88. The van der Waals surface area contributed by atoms with Crippen LogP contribution in [0.15, 0.2) is 36.7 Å². The molecule has 0 atom stereocenters. The first-order chi connectivity index (χ1) is 8.58. The molecule has 94 valence electrons. The molecule has 2 heterocycles. The molecular weight excluding hydrogens is 220 g/mol. The number of rotatable bonds is 3. The van der Waals surface area contributed by atoms with E-state index in [9.17, 15) is 0 Å². The van der Waals surface area contributed by atoms with E-state index >= 15 is 0 Å². The molecular formula is C16H20N2. The maximum absolute atomic E-state index is 4.48. The molecule has 2 aromatic rings. The highest BCUT2D eigenvalue weighted by Crippen LogP contribution is 2.20. The van der Waals surface area contributed by atoms with Crippen molar-refractivity contribution < 1.29 is 0 Å². The van der Waals surface area contributed by atoms with Crippen LogP contribution in [-0.2, 0) is 0 Å². The van der Waals surface area contributed by atoms with Gasteiger partial charge in [-0.25, -0.2) is 0 Å². The summed E-state index contributed by atoms with van der Waals surface area (Å²) >= 11 is 0. The number of hydrogen-bond donors (Lipinski definition) is 0. The number of nitrogens with zero attached hydrogens (tertiary/aromatic N) is 2. The molecule has 18 heavy (non-hydrogen) atoms. The summed E-state index contributed by atoms with van der Waals surface area (Å²) in [6, 6.07) is 8.36. The van der Waals surface area contributed by atoms with Gasteiger partial charge in [0.25, 0.3) is 0 Å². The molecule has 2 aromatic heterocycles. The molecule has 0 spiro atoms. The van der Waals surface area contributed by atoms with Crippen molar-refractivity contribution in [3.05, 3.63) is 47.8 Å². The van der Waals surface area contributed by atoms with Crippen molar-refractivity contribution >= 4 is 0 Å². The quantitative estimate of drug-likeness (QED) is 0.795. The molecule has 0 aromatic carbocycles. The third kappa shape index (κ3) is 2.76. The number of hydrogen-bond acceptors (Lipinski definition) is 2. The predicted molar refractivity (Wildman–Crippen MR) is 75.6 cm³/mol. The second-order valence-corrected chi connectivity index (χ2v) is 5.26. The fourth-order valence-corrected chi connectivity index (χ4v) is 1.80. The SMILES string of the molecule is CC(C)c1ccc(-c2ccc(C(C)C)cn2)nc1. The second-order valence-electron chi connectivity index (χ2n) is 5.26. The monoisotopic (exact) mass is 240 g/mol. The van der Waals surface area contributed by atoms with Crippen LogP contribution in [0.25, 0.3) is 11.4 Å². The lowest BCUT2D eigenvalue weighted by Crippen LogP contribution is -1.93. The van der Waals surface area contributed by atoms with E-state index in [0.29, 0.717) is 11.8 Å². The highest BCUT2D eigenvalue weighted by molar-refractivity contribution is 5.54. The molecule has 0 radical (unpaired) electrons. The van der Waals surface area contributed by atoms with Gasteiger partial charge in [-0.05, 0) is 35.1 Å². The minimum atomic E-state index is 0.517. The lowest BCUT2D eigenvalue weighted by Gasteiger charge is -2.07. The van der Waals surface area contributed by atoms with Gasteiger partial charge in [-0.3, -0.25) is 9.97 Å². The van der Waals surface area contributed by atoms with Gasteiger partial charge in [-0.1, -0.05) is 39.8 Å². The van der Waals surface area contributed by atoms with Gasteiger partial charge in [0.15, 0.2) is 0 Å². The summed E-state index contributed by atoms with van der Waals surface area (Å²) in [7, 11) is 0. The Balaban J connectivity index is 2.25. The van der Waals surface area contributed by atoms with E-state index in [1.54, 1.807) is 0 Å². The first kappa shape index (κ1) is 12.7. The van der Waals surface area contributed by atoms with Crippen LogP contribution in [0.3, 0.4) is 0 Å². The standard InChI is InChI=1S/C16H20N2/c1-11(2)13-5-7-15(17-9-13)16-8-6-14(10-18-16)12(3)4/h5-12H,1-4H3. The Labute approximate surface area is 109 Å². The van der Waals surface area contributed by atoms with E-state index in [-0.39, 0.29) is 0 Å². The maximum Gasteiger partial charge on any atom is 0.0886 e. The van der Waals surface area contributed by atoms with Gasteiger partial charge in [0.05, 0.1) is 11.4 Å². The van der Waals surface area contributed by atoms with E-state index in [2.05, 4.69) is 49.8 Å². The van der Waals surface area contributed by atoms with E-state index in [4.69, 9.17) is 0 Å². The van der Waals surface area contributed by atoms with Crippen LogP contribution < -0.4 is 0 Å². The van der Waals surface area contributed by atoms with Gasteiger partial charge in [-0.15, -0.1) is 0 Å². The van der Waals surface area contributed by atoms with Crippen molar-refractivity contribution in [2.75, 3.05) is 0 Å². The Bertz CT molecular complexity index is 446. The maximum atomic E-state index is 4.48. The molecule has 0 aliphatic heterocycles. The zero-order valence-corrected chi connectivity index (χ0v) is 11.5. The van der Waals surface area contributed by atoms with Crippen LogP contribution in [0.1, 0.15) is 50.7 Å². The molecule has 2 heteroatoms. The van der Waals surface area contributed by atoms with Crippen LogP contribution >= 0.6 is 0 Å². The molecule has 0 aliphatic carbocycles. The largest absolute Gasteiger partial charge is 0.254 e. The molecule has 0 amide bonds. The normalized spacial score (nSPS) is 11.2. The first-order valence-corrected chi connectivity index (χ1v) is 6.50. The van der Waals surface area contributed by atoms with Crippen LogP contribution in [0.2, 0.25) is 0 Å². The smallest absolute Gasteiger partial charge is 0.0886 e. The lowest BCUT2D eigenvalue weighted by atomic mass is 10.0. The van der Waals surface area contributed by atoms with Gasteiger partial charge in [0.2, 0.25) is 0 Å². The first-order valence-electron chi connectivity index (χ1n) is 6.50. The summed E-state index contributed by atoms with van der Waals surface area (Å²) in [5.74, 6) is 1.03. The van der Waals surface area contributed by atoms with Crippen LogP contribution in [-0.4, -0.2) is 9.97 Å². The average Bonchev–Trinajstić information content (AvgIpc) is 2.39.